The Labute approximate surface area is 109 Å². The van der Waals surface area contributed by atoms with Crippen LogP contribution in [0.4, 0.5) is 4.79 Å². The van der Waals surface area contributed by atoms with E-state index < -0.39 is 46.7 Å². The van der Waals surface area contributed by atoms with Crippen molar-refractivity contribution in [2.75, 3.05) is 0 Å². The minimum Gasteiger partial charge on any atom is -0.480 e. The van der Waals surface area contributed by atoms with Crippen LogP contribution >= 0.6 is 0 Å². The topological polar surface area (TPSA) is 165 Å². The van der Waals surface area contributed by atoms with Crippen LogP contribution < -0.4 is 15.2 Å². The number of nitrogens with one attached hydrogen (secondary N) is 2. The van der Waals surface area contributed by atoms with Crippen LogP contribution in [0, 0.1) is 0 Å². The van der Waals surface area contributed by atoms with Crippen molar-refractivity contribution in [1.82, 2.24) is 9.44 Å². The molecule has 0 radical (unpaired) electrons. The normalized spacial score (nSPS) is 12.8. The second-order valence-electron chi connectivity index (χ2n) is 3.74. The second kappa shape index (κ2) is 6.89. The molecule has 11 heteroatoms. The molecule has 0 saturated carbocycles. The first-order valence-electron chi connectivity index (χ1n) is 5.05. The van der Waals surface area contributed by atoms with E-state index in [1.807, 2.05) is 0 Å². The van der Waals surface area contributed by atoms with Crippen LogP contribution in [0.25, 0.3) is 0 Å². The first-order valence-corrected chi connectivity index (χ1v) is 6.53. The molecule has 110 valence electrons. The SMILES string of the molecule is CC(C)OC(=O)NS(=O)(=O)N[C@H](CC(N)=O)C(=O)O. The van der Waals surface area contributed by atoms with Gasteiger partial charge in [0.05, 0.1) is 12.5 Å². The summed E-state index contributed by atoms with van der Waals surface area (Å²) in [6, 6.07) is -1.78. The molecule has 0 aliphatic carbocycles. The van der Waals surface area contributed by atoms with Gasteiger partial charge in [0.2, 0.25) is 5.91 Å². The summed E-state index contributed by atoms with van der Waals surface area (Å²) in [5.74, 6) is -2.62. The molecular formula is C8H15N3O7S. The fraction of sp³-hybridized carbons (Fsp3) is 0.625. The second-order valence-corrected chi connectivity index (χ2v) is 5.19. The Morgan fingerprint density at radius 2 is 1.84 bits per heavy atom. The maximum atomic E-state index is 11.4. The third-order valence-corrected chi connectivity index (χ3v) is 2.59. The average molecular weight is 297 g/mol. The van der Waals surface area contributed by atoms with Crippen LogP contribution in [0.15, 0.2) is 0 Å². The Hall–Kier alpha value is -1.88. The first kappa shape index (κ1) is 17.1. The van der Waals surface area contributed by atoms with Crippen molar-refractivity contribution in [2.24, 2.45) is 5.73 Å². The minimum atomic E-state index is -4.48. The number of ether oxygens (including phenoxy) is 1. The van der Waals surface area contributed by atoms with Gasteiger partial charge in [0.1, 0.15) is 6.04 Å². The van der Waals surface area contributed by atoms with E-state index in [-0.39, 0.29) is 0 Å². The molecule has 2 amide bonds. The molecule has 19 heavy (non-hydrogen) atoms. The lowest BCUT2D eigenvalue weighted by Crippen LogP contribution is -2.49. The van der Waals surface area contributed by atoms with Crippen LogP contribution in [0.2, 0.25) is 0 Å². The fourth-order valence-corrected chi connectivity index (χ4v) is 1.83. The number of amides is 2. The Kier molecular flexibility index (Phi) is 6.21. The molecule has 5 N–H and O–H groups in total. The zero-order chi connectivity index (χ0) is 15.2. The maximum absolute atomic E-state index is 11.4. The Balaban J connectivity index is 4.68. The number of carboxylic acids is 1. The largest absolute Gasteiger partial charge is 0.480 e. The van der Waals surface area contributed by atoms with Gasteiger partial charge in [-0.1, -0.05) is 0 Å². The Morgan fingerprint density at radius 1 is 1.32 bits per heavy atom. The van der Waals surface area contributed by atoms with E-state index in [4.69, 9.17) is 10.8 Å². The molecule has 0 rings (SSSR count). The quantitative estimate of drug-likeness (QED) is 0.434. The average Bonchev–Trinajstić information content (AvgIpc) is 2.11. The van der Waals surface area contributed by atoms with Crippen LogP contribution in [-0.4, -0.2) is 43.6 Å². The third-order valence-electron chi connectivity index (χ3n) is 1.56. The van der Waals surface area contributed by atoms with Gasteiger partial charge in [-0.3, -0.25) is 9.59 Å². The molecule has 0 unspecified atom stereocenters. The zero-order valence-corrected chi connectivity index (χ0v) is 11.1. The number of carbonyl (C=O) groups is 3. The Morgan fingerprint density at radius 3 is 2.21 bits per heavy atom. The van der Waals surface area contributed by atoms with Crippen molar-refractivity contribution in [3.05, 3.63) is 0 Å². The van der Waals surface area contributed by atoms with Crippen molar-refractivity contribution in [3.8, 4) is 0 Å². The van der Waals surface area contributed by atoms with Crippen LogP contribution in [0.1, 0.15) is 20.3 Å². The van der Waals surface area contributed by atoms with Crippen LogP contribution in [0.3, 0.4) is 0 Å². The molecule has 0 aliphatic heterocycles. The molecule has 1 atom stereocenters. The van der Waals surface area contributed by atoms with Gasteiger partial charge in [0, 0.05) is 0 Å². The molecule has 10 nitrogen and oxygen atoms in total. The van der Waals surface area contributed by atoms with Gasteiger partial charge in [0.15, 0.2) is 0 Å². The smallest absolute Gasteiger partial charge is 0.422 e. The van der Waals surface area contributed by atoms with Gasteiger partial charge in [-0.15, -0.1) is 0 Å². The van der Waals surface area contributed by atoms with E-state index in [0.717, 1.165) is 0 Å². The van der Waals surface area contributed by atoms with Gasteiger partial charge in [-0.05, 0) is 13.8 Å². The highest BCUT2D eigenvalue weighted by atomic mass is 32.2. The highest BCUT2D eigenvalue weighted by Crippen LogP contribution is 1.96. The molecule has 0 aliphatic rings. The summed E-state index contributed by atoms with van der Waals surface area (Å²) in [4.78, 5) is 32.3. The van der Waals surface area contributed by atoms with E-state index in [1.165, 1.54) is 18.6 Å². The van der Waals surface area contributed by atoms with Crippen LogP contribution in [-0.2, 0) is 24.5 Å². The number of carboxylic acid groups (broad SMARTS) is 1. The van der Waals surface area contributed by atoms with E-state index in [2.05, 4.69) is 4.74 Å². The Bertz CT molecular complexity index is 459. The predicted octanol–water partition coefficient (Wildman–Crippen LogP) is -1.72. The lowest BCUT2D eigenvalue weighted by Gasteiger charge is -2.14. The number of nitrogens with two attached hydrogens (primary N) is 1. The monoisotopic (exact) mass is 297 g/mol. The number of hydrogen-bond donors (Lipinski definition) is 4. The predicted molar refractivity (Wildman–Crippen MR) is 62.0 cm³/mol. The van der Waals surface area contributed by atoms with E-state index in [1.54, 1.807) is 4.72 Å². The molecule has 0 aromatic carbocycles. The molecule has 0 saturated heterocycles. The summed E-state index contributed by atoms with van der Waals surface area (Å²) in [6.45, 7) is 2.99. The van der Waals surface area contributed by atoms with Crippen molar-refractivity contribution >= 4 is 28.2 Å². The molecule has 0 fully saturated rings. The summed E-state index contributed by atoms with van der Waals surface area (Å²) in [5.41, 5.74) is 4.77. The summed E-state index contributed by atoms with van der Waals surface area (Å²) in [5, 5.41) is 8.69. The number of hydrogen-bond acceptors (Lipinski definition) is 6. The maximum Gasteiger partial charge on any atom is 0.422 e. The molecule has 0 bridgehead atoms. The van der Waals surface area contributed by atoms with Gasteiger partial charge < -0.3 is 15.6 Å². The third kappa shape index (κ3) is 7.94. The lowest BCUT2D eigenvalue weighted by molar-refractivity contribution is -0.140. The van der Waals surface area contributed by atoms with Gasteiger partial charge in [-0.2, -0.15) is 13.1 Å². The highest BCUT2D eigenvalue weighted by Gasteiger charge is 2.27. The number of aliphatic carboxylic acids is 1. The van der Waals surface area contributed by atoms with Gasteiger partial charge in [-0.25, -0.2) is 9.52 Å². The zero-order valence-electron chi connectivity index (χ0n) is 10.2. The molecule has 0 aromatic heterocycles. The molecule has 0 heterocycles. The lowest BCUT2D eigenvalue weighted by atomic mass is 10.2. The van der Waals surface area contributed by atoms with E-state index >= 15 is 0 Å². The van der Waals surface area contributed by atoms with Crippen molar-refractivity contribution < 1.29 is 32.6 Å². The number of carbonyl (C=O) groups excluding carboxylic acids is 2. The summed E-state index contributed by atoms with van der Waals surface area (Å²) < 4.78 is 30.3. The number of primary amides is 1. The highest BCUT2D eigenvalue weighted by molar-refractivity contribution is 7.88. The minimum absolute atomic E-state index is 0.559. The molecule has 0 spiro atoms. The van der Waals surface area contributed by atoms with Gasteiger partial charge >= 0.3 is 22.3 Å². The first-order chi connectivity index (χ1) is 8.53. The summed E-state index contributed by atoms with van der Waals surface area (Å²) >= 11 is 0. The van der Waals surface area contributed by atoms with Gasteiger partial charge in [0.25, 0.3) is 0 Å². The molecule has 0 aromatic rings. The van der Waals surface area contributed by atoms with Crippen molar-refractivity contribution in [3.63, 3.8) is 0 Å². The summed E-state index contributed by atoms with van der Waals surface area (Å²) in [6.07, 6.45) is -2.59. The van der Waals surface area contributed by atoms with E-state index in [9.17, 15) is 22.8 Å². The summed E-state index contributed by atoms with van der Waals surface area (Å²) in [7, 11) is -4.48. The van der Waals surface area contributed by atoms with E-state index in [0.29, 0.717) is 0 Å². The van der Waals surface area contributed by atoms with Crippen molar-refractivity contribution in [1.29, 1.82) is 0 Å². The number of rotatable bonds is 7. The van der Waals surface area contributed by atoms with Crippen LogP contribution in [0.5, 0.6) is 0 Å². The standard InChI is InChI=1S/C8H15N3O7S/c1-4(2)18-8(15)11-19(16,17)10-5(7(13)14)3-6(9)12/h4-5,10H,3H2,1-2H3,(H2,9,12)(H,11,15)(H,13,14)/t5-/m1/s1. The molecular weight excluding hydrogens is 282 g/mol. The van der Waals surface area contributed by atoms with Crippen molar-refractivity contribution in [2.45, 2.75) is 32.4 Å². The fourth-order valence-electron chi connectivity index (χ4n) is 0.945.